The van der Waals surface area contributed by atoms with Gasteiger partial charge in [-0.25, -0.2) is 4.98 Å². The Morgan fingerprint density at radius 3 is 2.39 bits per heavy atom. The maximum absolute atomic E-state index is 14.0. The molecular formula is C30H27F3N2O. The molecule has 5 aromatic rings. The van der Waals surface area contributed by atoms with E-state index >= 15 is 0 Å². The molecule has 6 heteroatoms. The highest BCUT2D eigenvalue weighted by Gasteiger charge is 2.34. The smallest absolute Gasteiger partial charge is 0.418 e. The van der Waals surface area contributed by atoms with Crippen molar-refractivity contribution in [3.63, 3.8) is 0 Å². The van der Waals surface area contributed by atoms with Gasteiger partial charge in [-0.05, 0) is 66.0 Å². The van der Waals surface area contributed by atoms with E-state index < -0.39 is 30.4 Å². The van der Waals surface area contributed by atoms with Crippen molar-refractivity contribution in [2.45, 2.75) is 46.6 Å². The maximum Gasteiger partial charge on any atom is 0.418 e. The first kappa shape index (κ1) is 18.6. The van der Waals surface area contributed by atoms with Gasteiger partial charge >= 0.3 is 6.18 Å². The number of hydrogen-bond acceptors (Lipinski definition) is 3. The molecule has 0 fully saturated rings. The lowest BCUT2D eigenvalue weighted by molar-refractivity contribution is -0.138. The number of halogens is 3. The van der Waals surface area contributed by atoms with Crippen LogP contribution in [0.2, 0.25) is 0 Å². The number of nitrogens with zero attached hydrogens (tertiary/aromatic N) is 2. The van der Waals surface area contributed by atoms with E-state index in [1.807, 2.05) is 0 Å². The minimum absolute atomic E-state index is 0.00464. The Hall–Kier alpha value is -3.67. The van der Waals surface area contributed by atoms with Crippen LogP contribution in [0.15, 0.2) is 71.3 Å². The van der Waals surface area contributed by atoms with Crippen LogP contribution in [0, 0.1) is 12.3 Å². The van der Waals surface area contributed by atoms with Crippen LogP contribution in [0.3, 0.4) is 0 Å². The van der Waals surface area contributed by atoms with Crippen molar-refractivity contribution in [2.24, 2.45) is 5.41 Å². The predicted molar refractivity (Wildman–Crippen MR) is 137 cm³/mol. The van der Waals surface area contributed by atoms with Crippen molar-refractivity contribution < 1.29 is 24.4 Å². The summed E-state index contributed by atoms with van der Waals surface area (Å²) in [5, 5.41) is 1.21. The molecule has 0 radical (unpaired) electrons. The number of furan rings is 1. The zero-order chi connectivity index (χ0) is 30.0. The number of hydrogen-bond donors (Lipinski definition) is 0. The molecule has 3 nitrogen and oxygen atoms in total. The molecule has 0 aliphatic rings. The summed E-state index contributed by atoms with van der Waals surface area (Å²) in [6, 6.07) is 16.1. The van der Waals surface area contributed by atoms with E-state index in [0.29, 0.717) is 33.0 Å². The van der Waals surface area contributed by atoms with Gasteiger partial charge in [-0.1, -0.05) is 57.2 Å². The Morgan fingerprint density at radius 2 is 1.69 bits per heavy atom. The van der Waals surface area contributed by atoms with E-state index in [0.717, 1.165) is 6.20 Å². The normalized spacial score (nSPS) is 15.3. The van der Waals surface area contributed by atoms with E-state index in [4.69, 9.17) is 11.3 Å². The monoisotopic (exact) mass is 493 g/mol. The van der Waals surface area contributed by atoms with E-state index in [2.05, 4.69) is 9.97 Å². The summed E-state index contributed by atoms with van der Waals surface area (Å²) in [6.07, 6.45) is -5.51. The number of alkyl halides is 3. The Labute approximate surface area is 215 Å². The molecule has 0 saturated heterocycles. The van der Waals surface area contributed by atoms with Crippen LogP contribution in [0.1, 0.15) is 55.6 Å². The summed E-state index contributed by atoms with van der Waals surface area (Å²) >= 11 is 0. The largest absolute Gasteiger partial charge is 0.437 e. The number of pyridine rings is 2. The second-order valence-corrected chi connectivity index (χ2v) is 9.81. The van der Waals surface area contributed by atoms with Crippen LogP contribution in [-0.4, -0.2) is 9.97 Å². The number of benzene rings is 2. The van der Waals surface area contributed by atoms with Gasteiger partial charge in [0.15, 0.2) is 0 Å². The van der Waals surface area contributed by atoms with Gasteiger partial charge in [0.05, 0.1) is 11.3 Å². The number of aromatic nitrogens is 2. The predicted octanol–water partition coefficient (Wildman–Crippen LogP) is 8.55. The molecule has 3 aromatic heterocycles. The van der Waals surface area contributed by atoms with E-state index in [1.54, 1.807) is 69.3 Å². The minimum Gasteiger partial charge on any atom is -0.437 e. The van der Waals surface area contributed by atoms with Gasteiger partial charge < -0.3 is 4.42 Å². The number of aryl methyl sites for hydroxylation is 1. The van der Waals surface area contributed by atoms with E-state index in [1.165, 1.54) is 12.1 Å². The zero-order valence-electron chi connectivity index (χ0n) is 25.0. The molecule has 0 N–H and O–H groups in total. The molecule has 0 aliphatic heterocycles. The highest BCUT2D eigenvalue weighted by molar-refractivity contribution is 6.08. The van der Waals surface area contributed by atoms with Crippen LogP contribution in [0.5, 0.6) is 0 Å². The van der Waals surface area contributed by atoms with Crippen molar-refractivity contribution >= 4 is 22.1 Å². The van der Waals surface area contributed by atoms with Gasteiger partial charge in [-0.15, -0.1) is 0 Å². The standard InChI is InChI=1S/C30H27F3N2O/c1-18-8-13-23-22-6-5-7-24(27(22)36-28(23)35-18)26-15-21(25(17-34-26)30(31,32)33)14-19-9-11-20(12-10-19)16-29(2,3)4/h5-13,15,17H,14,16H2,1-4H3/i1D3,16D2. The van der Waals surface area contributed by atoms with Gasteiger partial charge in [0.1, 0.15) is 5.58 Å². The lowest BCUT2D eigenvalue weighted by atomic mass is 9.87. The minimum atomic E-state index is -4.63. The fourth-order valence-corrected chi connectivity index (χ4v) is 4.29. The molecule has 184 valence electrons. The highest BCUT2D eigenvalue weighted by atomic mass is 19.4. The molecule has 3 heterocycles. The molecule has 36 heavy (non-hydrogen) atoms. The van der Waals surface area contributed by atoms with Gasteiger partial charge in [0.25, 0.3) is 0 Å². The quantitative estimate of drug-likeness (QED) is 0.252. The van der Waals surface area contributed by atoms with Crippen molar-refractivity contribution in [2.75, 3.05) is 0 Å². The van der Waals surface area contributed by atoms with E-state index in [-0.39, 0.29) is 29.1 Å². The maximum atomic E-state index is 14.0. The van der Waals surface area contributed by atoms with Crippen molar-refractivity contribution in [3.8, 4) is 11.3 Å². The summed E-state index contributed by atoms with van der Waals surface area (Å²) in [5.74, 6) is 0. The summed E-state index contributed by atoms with van der Waals surface area (Å²) in [4.78, 5) is 8.28. The average Bonchev–Trinajstić information content (AvgIpc) is 3.25. The number of fused-ring (bicyclic) bond motifs is 3. The first-order valence-electron chi connectivity index (χ1n) is 14.0. The summed E-state index contributed by atoms with van der Waals surface area (Å²) < 4.78 is 87.8. The molecular weight excluding hydrogens is 461 g/mol. The molecule has 0 aliphatic carbocycles. The highest BCUT2D eigenvalue weighted by Crippen LogP contribution is 2.38. The molecule has 0 atom stereocenters. The molecule has 0 amide bonds. The Balaban J connectivity index is 1.58. The number of para-hydroxylation sites is 1. The first-order valence-corrected chi connectivity index (χ1v) is 11.5. The Bertz CT molecular complexity index is 1750. The lowest BCUT2D eigenvalue weighted by Gasteiger charge is -2.18. The second-order valence-electron chi connectivity index (χ2n) is 9.81. The van der Waals surface area contributed by atoms with Gasteiger partial charge in [-0.2, -0.15) is 13.2 Å². The van der Waals surface area contributed by atoms with Crippen molar-refractivity contribution in [1.29, 1.82) is 0 Å². The van der Waals surface area contributed by atoms with Crippen LogP contribution in [-0.2, 0) is 19.0 Å². The molecule has 0 bridgehead atoms. The van der Waals surface area contributed by atoms with Crippen molar-refractivity contribution in [3.05, 3.63) is 94.8 Å². The first-order chi connectivity index (χ1) is 19.0. The summed E-state index contributed by atoms with van der Waals surface area (Å²) in [5.41, 5.74) is 0.543. The summed E-state index contributed by atoms with van der Waals surface area (Å²) in [6.45, 7) is 2.95. The third-order valence-electron chi connectivity index (χ3n) is 5.80. The fourth-order valence-electron chi connectivity index (χ4n) is 4.29. The summed E-state index contributed by atoms with van der Waals surface area (Å²) in [7, 11) is 0. The van der Waals surface area contributed by atoms with Crippen LogP contribution >= 0.6 is 0 Å². The lowest BCUT2D eigenvalue weighted by Crippen LogP contribution is -2.11. The van der Waals surface area contributed by atoms with Crippen LogP contribution in [0.25, 0.3) is 33.3 Å². The molecule has 5 rings (SSSR count). The molecule has 0 saturated carbocycles. The van der Waals surface area contributed by atoms with Gasteiger partial charge in [0, 0.05) is 35.1 Å². The van der Waals surface area contributed by atoms with E-state index in [9.17, 15) is 13.2 Å². The second kappa shape index (κ2) is 8.77. The number of rotatable bonds is 4. The molecule has 0 spiro atoms. The molecule has 0 unspecified atom stereocenters. The van der Waals surface area contributed by atoms with Crippen LogP contribution in [0.4, 0.5) is 13.2 Å². The van der Waals surface area contributed by atoms with Crippen molar-refractivity contribution in [1.82, 2.24) is 9.97 Å². The molecule has 2 aromatic carbocycles. The Morgan fingerprint density at radius 1 is 0.944 bits per heavy atom. The Kier molecular flexibility index (Phi) is 4.53. The third kappa shape index (κ3) is 4.85. The topological polar surface area (TPSA) is 38.9 Å². The van der Waals surface area contributed by atoms with Gasteiger partial charge in [-0.3, -0.25) is 4.98 Å². The van der Waals surface area contributed by atoms with Gasteiger partial charge in [0.2, 0.25) is 5.71 Å². The van der Waals surface area contributed by atoms with Crippen LogP contribution < -0.4 is 0 Å². The fraction of sp³-hybridized carbons (Fsp3) is 0.267. The average molecular weight is 494 g/mol. The SMILES string of the molecule is [2H]C([2H])([2H])c1ccc2c(n1)oc1c(-c3cc(Cc4ccc(C([2H])([2H])C(C)(C)C)cc4)c(C(F)(F)F)cn3)cccc12. The zero-order valence-corrected chi connectivity index (χ0v) is 20.0. The third-order valence-corrected chi connectivity index (χ3v) is 5.80.